The van der Waals surface area contributed by atoms with Crippen LogP contribution in [-0.2, 0) is 4.74 Å². The Balaban J connectivity index is 1.68. The summed E-state index contributed by atoms with van der Waals surface area (Å²) in [7, 11) is 0. The van der Waals surface area contributed by atoms with E-state index in [0.29, 0.717) is 0 Å². The SMILES string of the molecule is C(=Nc1cccnc1)c1ccc(N2CCOCC2)cc1. The smallest absolute Gasteiger partial charge is 0.0813 e. The number of pyridine rings is 1. The van der Waals surface area contributed by atoms with Gasteiger partial charge >= 0.3 is 0 Å². The third kappa shape index (κ3) is 3.22. The molecular formula is C16H17N3O. The first-order valence-corrected chi connectivity index (χ1v) is 6.79. The molecule has 1 aromatic carbocycles. The standard InChI is InChI=1S/C16H17N3O/c1-2-15(13-17-7-1)18-12-14-3-5-16(6-4-14)19-8-10-20-11-9-19/h1-7,12-13H,8-11H2. The highest BCUT2D eigenvalue weighted by Crippen LogP contribution is 2.16. The van der Waals surface area contributed by atoms with Crippen LogP contribution in [0, 0.1) is 0 Å². The Morgan fingerprint density at radius 2 is 1.90 bits per heavy atom. The average Bonchev–Trinajstić information content (AvgIpc) is 2.55. The van der Waals surface area contributed by atoms with E-state index in [1.807, 2.05) is 18.3 Å². The highest BCUT2D eigenvalue weighted by Gasteiger charge is 2.10. The molecule has 0 radical (unpaired) electrons. The van der Waals surface area contributed by atoms with Crippen molar-refractivity contribution in [1.82, 2.24) is 4.98 Å². The summed E-state index contributed by atoms with van der Waals surface area (Å²) < 4.78 is 5.36. The Morgan fingerprint density at radius 3 is 2.60 bits per heavy atom. The first-order chi connectivity index (χ1) is 9.92. The maximum Gasteiger partial charge on any atom is 0.0813 e. The highest BCUT2D eigenvalue weighted by atomic mass is 16.5. The molecular weight excluding hydrogens is 250 g/mol. The van der Waals surface area contributed by atoms with Crippen molar-refractivity contribution in [2.45, 2.75) is 0 Å². The summed E-state index contributed by atoms with van der Waals surface area (Å²) in [4.78, 5) is 10.8. The number of hydrogen-bond acceptors (Lipinski definition) is 4. The molecule has 20 heavy (non-hydrogen) atoms. The molecule has 4 nitrogen and oxygen atoms in total. The molecule has 2 aromatic rings. The molecule has 0 amide bonds. The van der Waals surface area contributed by atoms with Crippen molar-refractivity contribution in [3.63, 3.8) is 0 Å². The maximum absolute atomic E-state index is 5.36. The van der Waals surface area contributed by atoms with Gasteiger partial charge in [0, 0.05) is 31.2 Å². The van der Waals surface area contributed by atoms with Gasteiger partial charge in [-0.2, -0.15) is 0 Å². The molecule has 4 heteroatoms. The molecule has 1 aromatic heterocycles. The number of nitrogens with zero attached hydrogens (tertiary/aromatic N) is 3. The lowest BCUT2D eigenvalue weighted by Gasteiger charge is -2.28. The number of aliphatic imine (C=N–C) groups is 1. The van der Waals surface area contributed by atoms with Crippen molar-refractivity contribution in [3.8, 4) is 0 Å². The van der Waals surface area contributed by atoms with Gasteiger partial charge in [0.25, 0.3) is 0 Å². The van der Waals surface area contributed by atoms with Gasteiger partial charge in [0.2, 0.25) is 0 Å². The molecule has 0 aliphatic carbocycles. The van der Waals surface area contributed by atoms with Crippen LogP contribution < -0.4 is 4.90 Å². The molecule has 3 rings (SSSR count). The summed E-state index contributed by atoms with van der Waals surface area (Å²) in [5.74, 6) is 0. The van der Waals surface area contributed by atoms with E-state index in [4.69, 9.17) is 4.74 Å². The normalized spacial score (nSPS) is 15.7. The van der Waals surface area contributed by atoms with Crippen molar-refractivity contribution in [1.29, 1.82) is 0 Å². The quantitative estimate of drug-likeness (QED) is 0.802. The molecule has 0 bridgehead atoms. The fourth-order valence-corrected chi connectivity index (χ4v) is 2.17. The van der Waals surface area contributed by atoms with Gasteiger partial charge < -0.3 is 9.64 Å². The topological polar surface area (TPSA) is 37.7 Å². The molecule has 0 unspecified atom stereocenters. The van der Waals surface area contributed by atoms with Gasteiger partial charge in [-0.05, 0) is 29.8 Å². The summed E-state index contributed by atoms with van der Waals surface area (Å²) in [6, 6.07) is 12.3. The minimum atomic E-state index is 0.810. The van der Waals surface area contributed by atoms with Crippen LogP contribution in [-0.4, -0.2) is 37.5 Å². The second kappa shape index (κ2) is 6.30. The van der Waals surface area contributed by atoms with Gasteiger partial charge in [-0.1, -0.05) is 12.1 Å². The van der Waals surface area contributed by atoms with E-state index < -0.39 is 0 Å². The van der Waals surface area contributed by atoms with Crippen LogP contribution in [0.4, 0.5) is 11.4 Å². The van der Waals surface area contributed by atoms with E-state index in [1.54, 1.807) is 12.4 Å². The number of anilines is 1. The number of aromatic nitrogens is 1. The largest absolute Gasteiger partial charge is 0.378 e. The van der Waals surface area contributed by atoms with Crippen molar-refractivity contribution >= 4 is 17.6 Å². The molecule has 0 saturated carbocycles. The molecule has 102 valence electrons. The van der Waals surface area contributed by atoms with Crippen LogP contribution in [0.25, 0.3) is 0 Å². The summed E-state index contributed by atoms with van der Waals surface area (Å²) in [5, 5.41) is 0. The predicted molar refractivity (Wildman–Crippen MR) is 81.0 cm³/mol. The number of rotatable bonds is 3. The number of benzene rings is 1. The van der Waals surface area contributed by atoms with Crippen LogP contribution in [0.15, 0.2) is 53.8 Å². The Labute approximate surface area is 118 Å². The van der Waals surface area contributed by atoms with Crippen molar-refractivity contribution in [2.24, 2.45) is 4.99 Å². The van der Waals surface area contributed by atoms with Crippen LogP contribution in [0.2, 0.25) is 0 Å². The fraction of sp³-hybridized carbons (Fsp3) is 0.250. The zero-order chi connectivity index (χ0) is 13.6. The Bertz CT molecular complexity index is 560. The zero-order valence-electron chi connectivity index (χ0n) is 11.3. The van der Waals surface area contributed by atoms with Crippen molar-refractivity contribution < 1.29 is 4.74 Å². The molecule has 1 saturated heterocycles. The van der Waals surface area contributed by atoms with E-state index in [1.165, 1.54) is 5.69 Å². The van der Waals surface area contributed by atoms with Crippen LogP contribution in [0.3, 0.4) is 0 Å². The van der Waals surface area contributed by atoms with Crippen molar-refractivity contribution in [2.75, 3.05) is 31.2 Å². The zero-order valence-corrected chi connectivity index (χ0v) is 11.3. The molecule has 0 atom stereocenters. The lowest BCUT2D eigenvalue weighted by molar-refractivity contribution is 0.122. The number of ether oxygens (including phenoxy) is 1. The second-order valence-corrected chi connectivity index (χ2v) is 4.66. The Kier molecular flexibility index (Phi) is 4.04. The third-order valence-electron chi connectivity index (χ3n) is 3.28. The van der Waals surface area contributed by atoms with Gasteiger partial charge in [0.05, 0.1) is 25.1 Å². The first-order valence-electron chi connectivity index (χ1n) is 6.79. The van der Waals surface area contributed by atoms with E-state index in [9.17, 15) is 0 Å². The Morgan fingerprint density at radius 1 is 1.10 bits per heavy atom. The first kappa shape index (κ1) is 12.8. The minimum absolute atomic E-state index is 0.810. The van der Waals surface area contributed by atoms with E-state index >= 15 is 0 Å². The lowest BCUT2D eigenvalue weighted by Crippen LogP contribution is -2.36. The van der Waals surface area contributed by atoms with E-state index in [2.05, 4.69) is 39.1 Å². The molecule has 0 N–H and O–H groups in total. The molecule has 1 fully saturated rings. The maximum atomic E-state index is 5.36. The van der Waals surface area contributed by atoms with Crippen molar-refractivity contribution in [3.05, 3.63) is 54.4 Å². The summed E-state index contributed by atoms with van der Waals surface area (Å²) in [5.41, 5.74) is 3.20. The fourth-order valence-electron chi connectivity index (χ4n) is 2.17. The Hall–Kier alpha value is -2.20. The van der Waals surface area contributed by atoms with Gasteiger partial charge in [-0.25, -0.2) is 0 Å². The number of hydrogen-bond donors (Lipinski definition) is 0. The van der Waals surface area contributed by atoms with Gasteiger partial charge in [0.1, 0.15) is 0 Å². The molecule has 1 aliphatic heterocycles. The van der Waals surface area contributed by atoms with Gasteiger partial charge in [0.15, 0.2) is 0 Å². The summed E-state index contributed by atoms with van der Waals surface area (Å²) in [6.45, 7) is 3.54. The summed E-state index contributed by atoms with van der Waals surface area (Å²) in [6.07, 6.45) is 5.36. The van der Waals surface area contributed by atoms with Crippen LogP contribution >= 0.6 is 0 Å². The minimum Gasteiger partial charge on any atom is -0.378 e. The van der Waals surface area contributed by atoms with Gasteiger partial charge in [-0.15, -0.1) is 0 Å². The van der Waals surface area contributed by atoms with Crippen LogP contribution in [0.1, 0.15) is 5.56 Å². The molecule has 0 spiro atoms. The molecule has 2 heterocycles. The third-order valence-corrected chi connectivity index (χ3v) is 3.28. The predicted octanol–water partition coefficient (Wildman–Crippen LogP) is 2.67. The van der Waals surface area contributed by atoms with Gasteiger partial charge in [-0.3, -0.25) is 9.98 Å². The van der Waals surface area contributed by atoms with E-state index in [0.717, 1.165) is 37.6 Å². The van der Waals surface area contributed by atoms with E-state index in [-0.39, 0.29) is 0 Å². The monoisotopic (exact) mass is 267 g/mol. The number of morpholine rings is 1. The lowest BCUT2D eigenvalue weighted by atomic mass is 10.2. The highest BCUT2D eigenvalue weighted by molar-refractivity contribution is 5.82. The van der Waals surface area contributed by atoms with Crippen LogP contribution in [0.5, 0.6) is 0 Å². The summed E-state index contributed by atoms with van der Waals surface area (Å²) >= 11 is 0. The second-order valence-electron chi connectivity index (χ2n) is 4.66. The molecule has 1 aliphatic rings. The average molecular weight is 267 g/mol.